The van der Waals surface area contributed by atoms with Crippen molar-refractivity contribution in [2.45, 2.75) is 19.6 Å². The number of piperazine rings is 1. The summed E-state index contributed by atoms with van der Waals surface area (Å²) in [6.07, 6.45) is 0.0186. The number of carbonyl (C=O) groups excluding carboxylic acids is 1. The van der Waals surface area contributed by atoms with Crippen LogP contribution in [0.3, 0.4) is 0 Å². The number of halogens is 1. The Hall–Kier alpha value is -2.44. The summed E-state index contributed by atoms with van der Waals surface area (Å²) >= 11 is 6.16. The van der Waals surface area contributed by atoms with E-state index in [1.165, 1.54) is 0 Å². The second-order valence-corrected chi connectivity index (χ2v) is 8.36. The Morgan fingerprint density at radius 2 is 1.97 bits per heavy atom. The van der Waals surface area contributed by atoms with Crippen LogP contribution >= 0.6 is 11.6 Å². The first-order valence-electron chi connectivity index (χ1n) is 10.4. The predicted molar refractivity (Wildman–Crippen MR) is 119 cm³/mol. The maximum atomic E-state index is 13.0. The zero-order valence-electron chi connectivity index (χ0n) is 17.5. The van der Waals surface area contributed by atoms with Crippen LogP contribution < -0.4 is 14.4 Å². The summed E-state index contributed by atoms with van der Waals surface area (Å²) < 4.78 is 11.3. The van der Waals surface area contributed by atoms with Gasteiger partial charge in [0.25, 0.3) is 0 Å². The van der Waals surface area contributed by atoms with Gasteiger partial charge in [0.05, 0.1) is 13.7 Å². The molecule has 0 aromatic heterocycles. The summed E-state index contributed by atoms with van der Waals surface area (Å²) in [4.78, 5) is 19.4. The summed E-state index contributed by atoms with van der Waals surface area (Å²) in [6.45, 7) is 6.87. The molecule has 1 amide bonds. The van der Waals surface area contributed by atoms with Crippen molar-refractivity contribution in [2.75, 3.05) is 51.3 Å². The predicted octanol–water partition coefficient (Wildman–Crippen LogP) is 3.28. The zero-order valence-corrected chi connectivity index (χ0v) is 18.3. The minimum Gasteiger partial charge on any atom is -0.497 e. The first-order valence-corrected chi connectivity index (χ1v) is 10.7. The van der Waals surface area contributed by atoms with Crippen LogP contribution in [0.5, 0.6) is 11.5 Å². The number of nitrogens with zero attached hydrogens (tertiary/aromatic N) is 3. The summed E-state index contributed by atoms with van der Waals surface area (Å²) in [5, 5.41) is 0.687. The number of methoxy groups -OCH3 is 1. The molecule has 2 aromatic rings. The second kappa shape index (κ2) is 9.14. The zero-order chi connectivity index (χ0) is 21.1. The number of anilines is 1. The van der Waals surface area contributed by atoms with Crippen LogP contribution in [0.4, 0.5) is 5.69 Å². The number of benzene rings is 2. The molecule has 2 aliphatic heterocycles. The summed E-state index contributed by atoms with van der Waals surface area (Å²) in [5.74, 6) is 1.87. The molecule has 0 bridgehead atoms. The third-order valence-electron chi connectivity index (χ3n) is 5.67. The maximum Gasteiger partial charge on any atom is 0.236 e. The van der Waals surface area contributed by atoms with Gasteiger partial charge in [-0.15, -0.1) is 0 Å². The van der Waals surface area contributed by atoms with Gasteiger partial charge in [0.2, 0.25) is 5.91 Å². The molecule has 6 nitrogen and oxygen atoms in total. The van der Waals surface area contributed by atoms with Crippen molar-refractivity contribution in [3.05, 3.63) is 53.1 Å². The molecule has 2 heterocycles. The van der Waals surface area contributed by atoms with Crippen LogP contribution in [-0.2, 0) is 11.3 Å². The number of carbonyl (C=O) groups is 1. The third kappa shape index (κ3) is 4.82. The van der Waals surface area contributed by atoms with Crippen molar-refractivity contribution < 1.29 is 14.3 Å². The largest absolute Gasteiger partial charge is 0.497 e. The Bertz CT molecular complexity index is 899. The number of fused-ring (bicyclic) bond motifs is 1. The van der Waals surface area contributed by atoms with Crippen LogP contribution in [-0.4, -0.2) is 68.2 Å². The van der Waals surface area contributed by atoms with Crippen LogP contribution in [0.25, 0.3) is 0 Å². The van der Waals surface area contributed by atoms with Crippen LogP contribution in [0, 0.1) is 0 Å². The van der Waals surface area contributed by atoms with Crippen molar-refractivity contribution in [3.63, 3.8) is 0 Å². The highest BCUT2D eigenvalue weighted by Crippen LogP contribution is 2.28. The lowest BCUT2D eigenvalue weighted by Gasteiger charge is -2.37. The van der Waals surface area contributed by atoms with E-state index in [4.69, 9.17) is 21.1 Å². The van der Waals surface area contributed by atoms with Crippen molar-refractivity contribution >= 4 is 23.2 Å². The van der Waals surface area contributed by atoms with Crippen molar-refractivity contribution in [2.24, 2.45) is 0 Å². The molecule has 2 aliphatic rings. The van der Waals surface area contributed by atoms with Gasteiger partial charge in [0, 0.05) is 61.6 Å². The molecule has 0 spiro atoms. The molecule has 0 N–H and O–H groups in total. The van der Waals surface area contributed by atoms with Gasteiger partial charge in [-0.05, 0) is 37.3 Å². The number of ether oxygens (including phenoxy) is 2. The Balaban J connectivity index is 1.35. The minimum atomic E-state index is 0.0186. The summed E-state index contributed by atoms with van der Waals surface area (Å²) in [6, 6.07) is 13.8. The van der Waals surface area contributed by atoms with E-state index in [2.05, 4.69) is 15.9 Å². The van der Waals surface area contributed by atoms with Gasteiger partial charge in [0.1, 0.15) is 17.6 Å². The van der Waals surface area contributed by atoms with E-state index in [9.17, 15) is 4.79 Å². The highest BCUT2D eigenvalue weighted by Gasteiger charge is 2.26. The first kappa shape index (κ1) is 20.8. The van der Waals surface area contributed by atoms with Gasteiger partial charge in [-0.3, -0.25) is 9.69 Å². The highest BCUT2D eigenvalue weighted by atomic mass is 35.5. The van der Waals surface area contributed by atoms with Gasteiger partial charge < -0.3 is 19.3 Å². The number of hydrogen-bond acceptors (Lipinski definition) is 5. The van der Waals surface area contributed by atoms with Gasteiger partial charge in [-0.2, -0.15) is 0 Å². The molecule has 2 aromatic carbocycles. The molecule has 0 unspecified atom stereocenters. The standard InChI is InChI=1S/C23H28ClN3O3/c1-17-14-25(15-18-12-19(24)6-7-22(18)30-17)16-23(28)27-10-8-26(9-11-27)20-4-3-5-21(13-20)29-2/h3-7,12-13,17H,8-11,14-16H2,1-2H3/t17-/m0/s1. The first-order chi connectivity index (χ1) is 14.5. The van der Waals surface area contributed by atoms with Crippen LogP contribution in [0.15, 0.2) is 42.5 Å². The lowest BCUT2D eigenvalue weighted by Crippen LogP contribution is -2.51. The Kier molecular flexibility index (Phi) is 6.35. The molecular formula is C23H28ClN3O3. The number of amides is 1. The quantitative estimate of drug-likeness (QED) is 0.746. The smallest absolute Gasteiger partial charge is 0.236 e. The maximum absolute atomic E-state index is 13.0. The Morgan fingerprint density at radius 3 is 2.73 bits per heavy atom. The molecule has 0 radical (unpaired) electrons. The van der Waals surface area contributed by atoms with Gasteiger partial charge in [-0.25, -0.2) is 0 Å². The molecule has 160 valence electrons. The Morgan fingerprint density at radius 1 is 1.17 bits per heavy atom. The monoisotopic (exact) mass is 429 g/mol. The van der Waals surface area contributed by atoms with Gasteiger partial charge in [0.15, 0.2) is 0 Å². The molecule has 1 atom stereocenters. The fourth-order valence-corrected chi connectivity index (χ4v) is 4.34. The van der Waals surface area contributed by atoms with Crippen molar-refractivity contribution in [3.8, 4) is 11.5 Å². The van der Waals surface area contributed by atoms with E-state index in [0.717, 1.165) is 48.9 Å². The number of rotatable bonds is 4. The molecule has 0 aliphatic carbocycles. The SMILES string of the molecule is COc1cccc(N2CCN(C(=O)CN3Cc4cc(Cl)ccc4O[C@@H](C)C3)CC2)c1. The molecule has 1 saturated heterocycles. The van der Waals surface area contributed by atoms with Crippen LogP contribution in [0.1, 0.15) is 12.5 Å². The molecule has 1 fully saturated rings. The summed E-state index contributed by atoms with van der Waals surface area (Å²) in [5.41, 5.74) is 2.16. The highest BCUT2D eigenvalue weighted by molar-refractivity contribution is 6.30. The fourth-order valence-electron chi connectivity index (χ4n) is 4.14. The topological polar surface area (TPSA) is 45.2 Å². The molecule has 4 rings (SSSR count). The Labute approximate surface area is 182 Å². The molecule has 7 heteroatoms. The second-order valence-electron chi connectivity index (χ2n) is 7.92. The van der Waals surface area contributed by atoms with E-state index >= 15 is 0 Å². The average molecular weight is 430 g/mol. The van der Waals surface area contributed by atoms with E-state index in [0.29, 0.717) is 24.7 Å². The van der Waals surface area contributed by atoms with E-state index in [-0.39, 0.29) is 12.0 Å². The molecule has 0 saturated carbocycles. The third-order valence-corrected chi connectivity index (χ3v) is 5.90. The minimum absolute atomic E-state index is 0.0186. The van der Waals surface area contributed by atoms with Crippen molar-refractivity contribution in [1.82, 2.24) is 9.80 Å². The van der Waals surface area contributed by atoms with E-state index < -0.39 is 0 Å². The average Bonchev–Trinajstić information content (AvgIpc) is 2.90. The van der Waals surface area contributed by atoms with Gasteiger partial charge >= 0.3 is 0 Å². The molecule has 30 heavy (non-hydrogen) atoms. The summed E-state index contributed by atoms with van der Waals surface area (Å²) in [7, 11) is 1.68. The molecular weight excluding hydrogens is 402 g/mol. The normalized spacial score (nSPS) is 19.6. The van der Waals surface area contributed by atoms with E-state index in [1.54, 1.807) is 7.11 Å². The lowest BCUT2D eigenvalue weighted by atomic mass is 10.2. The number of hydrogen-bond donors (Lipinski definition) is 0. The van der Waals surface area contributed by atoms with Gasteiger partial charge in [-0.1, -0.05) is 17.7 Å². The van der Waals surface area contributed by atoms with Crippen molar-refractivity contribution in [1.29, 1.82) is 0 Å². The van der Waals surface area contributed by atoms with E-state index in [1.807, 2.05) is 48.2 Å². The fraction of sp³-hybridized carbons (Fsp3) is 0.435. The lowest BCUT2D eigenvalue weighted by molar-refractivity contribution is -0.133. The van der Waals surface area contributed by atoms with Crippen LogP contribution in [0.2, 0.25) is 5.02 Å².